The van der Waals surface area contributed by atoms with E-state index < -0.39 is 0 Å². The van der Waals surface area contributed by atoms with E-state index in [-0.39, 0.29) is 0 Å². The van der Waals surface area contributed by atoms with E-state index in [9.17, 15) is 0 Å². The molecule has 0 unspecified atom stereocenters. The molecule has 14 heteroatoms. The Morgan fingerprint density at radius 3 is 1.09 bits per heavy atom. The molecule has 0 aliphatic heterocycles. The number of fused-ring (bicyclic) bond motifs is 4. The fraction of sp³-hybridized carbons (Fsp3) is 0.737. The minimum atomic E-state index is 0.342. The number of rotatable bonds is 8. The molecular formula is C76H152N12OS. The third kappa shape index (κ3) is 45.3. The normalized spacial score (nSPS) is 9.60. The van der Waals surface area contributed by atoms with Gasteiger partial charge in [-0.25, -0.2) is 29.0 Å². The Bertz CT molecular complexity index is 2460. The number of hydrogen-bond donors (Lipinski definition) is 0. The maximum atomic E-state index is 5.39. The van der Waals surface area contributed by atoms with Crippen LogP contribution in [-0.4, -0.2) is 57.9 Å². The van der Waals surface area contributed by atoms with Crippen molar-refractivity contribution in [3.8, 4) is 0 Å². The first-order chi connectivity index (χ1) is 42.6. The number of hydrogen-bond acceptors (Lipinski definition) is 10. The lowest BCUT2D eigenvalue weighted by atomic mass is 10.1. The molecule has 90 heavy (non-hydrogen) atoms. The van der Waals surface area contributed by atoms with Crippen molar-refractivity contribution < 1.29 is 4.42 Å². The SMILES string of the molecule is CC.CC.CC.CC.CC(C)c1cn2c(C(C)C)coc2n1.CC(C)c1cn2c(C(C)C)csc2n1.CC(C)c1cn2nc(C(C)C)cnc2n1.CC(C)c1cnc2nc(C(C)C)nn2c1.CCC.CCC.CCC.CCC.CCC.CCC.CCC.CCC. The van der Waals surface area contributed by atoms with Crippen molar-refractivity contribution in [1.82, 2.24) is 57.9 Å². The number of thiazole rings is 1. The first kappa shape index (κ1) is 101. The van der Waals surface area contributed by atoms with Crippen LogP contribution in [0.4, 0.5) is 0 Å². The second kappa shape index (κ2) is 66.9. The maximum absolute atomic E-state index is 5.39. The summed E-state index contributed by atoms with van der Waals surface area (Å²) in [5.41, 5.74) is 8.04. The predicted molar refractivity (Wildman–Crippen MR) is 408 cm³/mol. The van der Waals surface area contributed by atoms with Gasteiger partial charge in [0.25, 0.3) is 11.6 Å². The van der Waals surface area contributed by atoms with Crippen LogP contribution in [0.3, 0.4) is 0 Å². The lowest BCUT2D eigenvalue weighted by Crippen LogP contribution is -2.00. The highest BCUT2D eigenvalue weighted by molar-refractivity contribution is 7.15. The molecule has 8 rings (SSSR count). The molecule has 0 saturated heterocycles. The second-order valence-corrected chi connectivity index (χ2v) is 23.9. The number of oxazole rings is 1. The molecule has 8 heterocycles. The van der Waals surface area contributed by atoms with Crippen LogP contribution in [-0.2, 0) is 0 Å². The van der Waals surface area contributed by atoms with E-state index in [1.165, 1.54) is 74.0 Å². The molecule has 0 fully saturated rings. The number of aromatic nitrogens is 12. The van der Waals surface area contributed by atoms with Crippen LogP contribution in [0, 0.1) is 0 Å². The molecule has 0 radical (unpaired) electrons. The van der Waals surface area contributed by atoms with Gasteiger partial charge in [-0.1, -0.05) is 328 Å². The Hall–Kier alpha value is -4.98. The first-order valence-corrected chi connectivity index (χ1v) is 36.9. The molecule has 0 aliphatic rings. The van der Waals surface area contributed by atoms with Crippen LogP contribution in [0.2, 0.25) is 0 Å². The van der Waals surface area contributed by atoms with Gasteiger partial charge in [-0.2, -0.15) is 15.1 Å². The lowest BCUT2D eigenvalue weighted by molar-refractivity contribution is 0.589. The van der Waals surface area contributed by atoms with E-state index >= 15 is 0 Å². The molecule has 8 aromatic heterocycles. The van der Waals surface area contributed by atoms with Crippen molar-refractivity contribution in [2.45, 2.75) is 376 Å². The molecule has 528 valence electrons. The van der Waals surface area contributed by atoms with Crippen LogP contribution in [0.5, 0.6) is 0 Å². The highest BCUT2D eigenvalue weighted by Gasteiger charge is 2.15. The van der Waals surface area contributed by atoms with Crippen molar-refractivity contribution in [3.05, 3.63) is 94.4 Å². The smallest absolute Gasteiger partial charge is 0.306 e. The van der Waals surface area contributed by atoms with Crippen molar-refractivity contribution in [2.75, 3.05) is 0 Å². The molecule has 8 aromatic rings. The molecule has 0 aliphatic carbocycles. The minimum Gasteiger partial charge on any atom is -0.431 e. The minimum absolute atomic E-state index is 0.342. The van der Waals surface area contributed by atoms with Gasteiger partial charge in [0.05, 0.1) is 40.9 Å². The summed E-state index contributed by atoms with van der Waals surface area (Å²) in [4.78, 5) is 27.5. The molecule has 0 aromatic carbocycles. The first-order valence-electron chi connectivity index (χ1n) is 36.0. The summed E-state index contributed by atoms with van der Waals surface area (Å²) in [6.45, 7) is 84.3. The molecular weight excluding hydrogens is 1130 g/mol. The third-order valence-corrected chi connectivity index (χ3v) is 10.6. The van der Waals surface area contributed by atoms with E-state index in [2.05, 4.69) is 284 Å². The second-order valence-electron chi connectivity index (χ2n) is 23.0. The monoisotopic (exact) mass is 1280 g/mol. The molecule has 0 saturated carbocycles. The van der Waals surface area contributed by atoms with E-state index in [1.807, 2.05) is 78.4 Å². The molecule has 0 spiro atoms. The van der Waals surface area contributed by atoms with Gasteiger partial charge in [0.2, 0.25) is 0 Å². The van der Waals surface area contributed by atoms with Gasteiger partial charge in [-0.15, -0.1) is 16.4 Å². The Morgan fingerprint density at radius 2 is 0.711 bits per heavy atom. The Balaban J connectivity index is -0.000000144. The van der Waals surface area contributed by atoms with Gasteiger partial charge in [-0.05, 0) is 47.0 Å². The maximum Gasteiger partial charge on any atom is 0.306 e. The lowest BCUT2D eigenvalue weighted by Gasteiger charge is -2.02. The average molecular weight is 1280 g/mol. The van der Waals surface area contributed by atoms with Gasteiger partial charge in [0.1, 0.15) is 6.26 Å². The van der Waals surface area contributed by atoms with E-state index in [0.29, 0.717) is 64.7 Å². The van der Waals surface area contributed by atoms with Gasteiger partial charge >= 0.3 is 5.84 Å². The highest BCUT2D eigenvalue weighted by Crippen LogP contribution is 2.26. The topological polar surface area (TPSA) is 134 Å². The van der Waals surface area contributed by atoms with Crippen molar-refractivity contribution in [2.24, 2.45) is 0 Å². The number of nitrogens with zero attached hydrogens (tertiary/aromatic N) is 12. The van der Waals surface area contributed by atoms with Gasteiger partial charge in [0, 0.05) is 41.8 Å². The van der Waals surface area contributed by atoms with Crippen molar-refractivity contribution >= 4 is 33.7 Å². The molecule has 0 amide bonds. The standard InChI is InChI=1S/2C11H16N4.C11H16N2O.C11H16N2S.8C3H8.4C2H6/c1-7(2)9-5-12-11-13-10(8(3)4)6-15(11)14-9;1-7(2)9-5-12-11-13-10(8(3)4)14-15(11)6-9;2*1-7(2)9-5-13-10(8(3)4)6-14-11(13)12-9;8*1-3-2;4*1-2/h2*5-8H,1-4H3;2*5-8H,1-4H3;8*3H2,1-2H3;4*1-2H3. The van der Waals surface area contributed by atoms with Crippen LogP contribution >= 0.6 is 11.3 Å². The van der Waals surface area contributed by atoms with Gasteiger partial charge in [-0.3, -0.25) is 8.80 Å². The zero-order valence-corrected chi connectivity index (χ0v) is 67.9. The summed E-state index contributed by atoms with van der Waals surface area (Å²) >= 11 is 1.73. The predicted octanol–water partition coefficient (Wildman–Crippen LogP) is 27.0. The van der Waals surface area contributed by atoms with Crippen LogP contribution in [0.15, 0.2) is 53.2 Å². The summed E-state index contributed by atoms with van der Waals surface area (Å²) < 4.78 is 13.2. The average Bonchev–Trinajstić information content (AvgIpc) is 1.96. The van der Waals surface area contributed by atoms with E-state index in [0.717, 1.165) is 27.9 Å². The summed E-state index contributed by atoms with van der Waals surface area (Å²) in [6, 6.07) is 0. The van der Waals surface area contributed by atoms with E-state index in [4.69, 9.17) is 4.42 Å². The Labute approximate surface area is 563 Å². The van der Waals surface area contributed by atoms with Gasteiger partial charge < -0.3 is 4.42 Å². The molecule has 0 N–H and O–H groups in total. The Kier molecular flexibility index (Phi) is 75.2. The van der Waals surface area contributed by atoms with E-state index in [1.54, 1.807) is 32.8 Å². The summed E-state index contributed by atoms with van der Waals surface area (Å²) in [7, 11) is 0. The zero-order valence-electron chi connectivity index (χ0n) is 67.1. The van der Waals surface area contributed by atoms with Crippen LogP contribution < -0.4 is 0 Å². The van der Waals surface area contributed by atoms with Crippen molar-refractivity contribution in [3.63, 3.8) is 0 Å². The largest absolute Gasteiger partial charge is 0.431 e. The number of imidazole rings is 3. The summed E-state index contributed by atoms with van der Waals surface area (Å²) in [6.07, 6.45) is 23.7. The summed E-state index contributed by atoms with van der Waals surface area (Å²) in [5.74, 6) is 6.54. The quantitative estimate of drug-likeness (QED) is 0.146. The third-order valence-electron chi connectivity index (χ3n) is 9.70. The zero-order chi connectivity index (χ0) is 72.2. The highest BCUT2D eigenvalue weighted by atomic mass is 32.1. The molecule has 0 atom stereocenters. The van der Waals surface area contributed by atoms with Crippen LogP contribution in [0.1, 0.15) is 421 Å². The summed E-state index contributed by atoms with van der Waals surface area (Å²) in [5, 5.41) is 11.1. The van der Waals surface area contributed by atoms with Crippen molar-refractivity contribution in [1.29, 1.82) is 0 Å². The molecule has 13 nitrogen and oxygen atoms in total. The van der Waals surface area contributed by atoms with Crippen LogP contribution in [0.25, 0.3) is 22.4 Å². The molecule has 0 bridgehead atoms. The van der Waals surface area contributed by atoms with Gasteiger partial charge in [0.15, 0.2) is 10.8 Å². The Morgan fingerprint density at radius 1 is 0.356 bits per heavy atom. The fourth-order valence-electron chi connectivity index (χ4n) is 5.73. The fourth-order valence-corrected chi connectivity index (χ4v) is 6.78.